The average Bonchev–Trinajstić information content (AvgIpc) is 2.87. The van der Waals surface area contributed by atoms with Crippen molar-refractivity contribution < 1.29 is 9.73 Å². The number of benzene rings is 1. The van der Waals surface area contributed by atoms with Crippen molar-refractivity contribution in [2.24, 2.45) is 0 Å². The lowest BCUT2D eigenvalue weighted by Gasteiger charge is -1.98. The van der Waals surface area contributed by atoms with Crippen molar-refractivity contribution in [3.8, 4) is 0 Å². The maximum atomic E-state index is 9.35. The number of aromatic amines is 1. The molecule has 2 heterocycles. The van der Waals surface area contributed by atoms with Gasteiger partial charge in [0.05, 0.1) is 6.20 Å². The maximum absolute atomic E-state index is 9.35. The molecule has 0 saturated carbocycles. The molecule has 0 fully saturated rings. The van der Waals surface area contributed by atoms with Crippen molar-refractivity contribution in [1.29, 1.82) is 0 Å². The van der Waals surface area contributed by atoms with Crippen LogP contribution in [-0.4, -0.2) is 25.3 Å². The third kappa shape index (κ3) is 1.80. The standard InChI is InChI=1S/C10H8N4O2S/c15-14-8-2-1-6(3-7(8)5-11-14)4-9-12-10(17)16-13-9/h1-3,5,15H,4H2,(H,12,13,17). The minimum atomic E-state index is 0.198. The molecule has 2 aromatic heterocycles. The van der Waals surface area contributed by atoms with Gasteiger partial charge >= 0.3 is 4.84 Å². The van der Waals surface area contributed by atoms with Crippen molar-refractivity contribution in [1.82, 2.24) is 20.1 Å². The molecule has 2 N–H and O–H groups in total. The van der Waals surface area contributed by atoms with E-state index in [0.29, 0.717) is 17.8 Å². The smallest absolute Gasteiger partial charge is 0.314 e. The largest absolute Gasteiger partial charge is 0.411 e. The van der Waals surface area contributed by atoms with E-state index in [0.717, 1.165) is 15.8 Å². The monoisotopic (exact) mass is 248 g/mol. The van der Waals surface area contributed by atoms with Crippen LogP contribution in [0, 0.1) is 4.84 Å². The molecule has 0 unspecified atom stereocenters. The van der Waals surface area contributed by atoms with Gasteiger partial charge in [-0.15, -0.1) is 9.94 Å². The molecule has 0 aliphatic rings. The number of aromatic nitrogens is 4. The van der Waals surface area contributed by atoms with Crippen LogP contribution in [0.15, 0.2) is 28.9 Å². The van der Waals surface area contributed by atoms with Crippen LogP contribution in [0.4, 0.5) is 0 Å². The third-order valence-electron chi connectivity index (χ3n) is 2.47. The molecule has 0 aliphatic carbocycles. The van der Waals surface area contributed by atoms with Crippen LogP contribution in [0.5, 0.6) is 0 Å². The molecule has 0 radical (unpaired) electrons. The quantitative estimate of drug-likeness (QED) is 0.535. The lowest BCUT2D eigenvalue weighted by molar-refractivity contribution is 0.161. The van der Waals surface area contributed by atoms with Crippen LogP contribution < -0.4 is 0 Å². The molecule has 3 aromatic rings. The molecule has 3 rings (SSSR count). The van der Waals surface area contributed by atoms with Crippen molar-refractivity contribution >= 4 is 23.1 Å². The highest BCUT2D eigenvalue weighted by atomic mass is 32.1. The number of hydrogen-bond donors (Lipinski definition) is 2. The zero-order chi connectivity index (χ0) is 11.8. The normalized spacial score (nSPS) is 11.1. The van der Waals surface area contributed by atoms with Gasteiger partial charge in [-0.05, 0) is 29.9 Å². The van der Waals surface area contributed by atoms with E-state index < -0.39 is 0 Å². The zero-order valence-electron chi connectivity index (χ0n) is 8.62. The lowest BCUT2D eigenvalue weighted by atomic mass is 10.1. The number of nitrogens with one attached hydrogen (secondary N) is 1. The summed E-state index contributed by atoms with van der Waals surface area (Å²) in [6.07, 6.45) is 2.19. The zero-order valence-corrected chi connectivity index (χ0v) is 9.44. The summed E-state index contributed by atoms with van der Waals surface area (Å²) in [6.45, 7) is 0. The van der Waals surface area contributed by atoms with Gasteiger partial charge in [-0.1, -0.05) is 6.07 Å². The van der Waals surface area contributed by atoms with Crippen LogP contribution in [0.1, 0.15) is 11.4 Å². The molecule has 7 heteroatoms. The third-order valence-corrected chi connectivity index (χ3v) is 2.64. The first kappa shape index (κ1) is 10.0. The van der Waals surface area contributed by atoms with Gasteiger partial charge in [0.25, 0.3) is 0 Å². The fourth-order valence-corrected chi connectivity index (χ4v) is 1.86. The van der Waals surface area contributed by atoms with E-state index in [1.165, 1.54) is 0 Å². The number of H-pyrrole nitrogens is 1. The molecule has 0 bridgehead atoms. The van der Waals surface area contributed by atoms with Crippen molar-refractivity contribution in [3.63, 3.8) is 0 Å². The predicted molar refractivity (Wildman–Crippen MR) is 61.4 cm³/mol. The first-order valence-electron chi connectivity index (χ1n) is 4.93. The van der Waals surface area contributed by atoms with Crippen LogP contribution in [0.25, 0.3) is 10.9 Å². The summed E-state index contributed by atoms with van der Waals surface area (Å²) in [4.78, 5) is 5.06. The van der Waals surface area contributed by atoms with Crippen LogP contribution >= 0.6 is 12.2 Å². The number of rotatable bonds is 2. The molecule has 6 nitrogen and oxygen atoms in total. The van der Waals surface area contributed by atoms with Gasteiger partial charge in [0, 0.05) is 11.8 Å². The highest BCUT2D eigenvalue weighted by Gasteiger charge is 2.05. The minimum Gasteiger partial charge on any atom is -0.411 e. The van der Waals surface area contributed by atoms with Gasteiger partial charge in [0.1, 0.15) is 11.3 Å². The second-order valence-corrected chi connectivity index (χ2v) is 3.98. The lowest BCUT2D eigenvalue weighted by Crippen LogP contribution is -1.92. The van der Waals surface area contributed by atoms with Crippen molar-refractivity contribution in [2.75, 3.05) is 0 Å². The summed E-state index contributed by atoms with van der Waals surface area (Å²) in [5.41, 5.74) is 1.70. The Hall–Kier alpha value is -2.15. The first-order valence-corrected chi connectivity index (χ1v) is 5.33. The van der Waals surface area contributed by atoms with Gasteiger partial charge < -0.3 is 9.73 Å². The predicted octanol–water partition coefficient (Wildman–Crippen LogP) is 1.91. The molecule has 86 valence electrons. The van der Waals surface area contributed by atoms with E-state index >= 15 is 0 Å². The van der Waals surface area contributed by atoms with E-state index in [-0.39, 0.29) is 4.84 Å². The Morgan fingerprint density at radius 3 is 3.12 bits per heavy atom. The van der Waals surface area contributed by atoms with Gasteiger partial charge in [-0.2, -0.15) is 4.98 Å². The van der Waals surface area contributed by atoms with E-state index in [1.54, 1.807) is 12.3 Å². The topological polar surface area (TPSA) is 79.9 Å². The number of fused-ring (bicyclic) bond motifs is 1. The maximum Gasteiger partial charge on any atom is 0.314 e. The molecule has 0 amide bonds. The Morgan fingerprint density at radius 1 is 1.47 bits per heavy atom. The highest BCUT2D eigenvalue weighted by Crippen LogP contribution is 2.16. The van der Waals surface area contributed by atoms with Gasteiger partial charge in [-0.25, -0.2) is 5.16 Å². The van der Waals surface area contributed by atoms with Crippen LogP contribution in [0.2, 0.25) is 0 Å². The van der Waals surface area contributed by atoms with E-state index in [1.807, 2.05) is 12.1 Å². The average molecular weight is 248 g/mol. The van der Waals surface area contributed by atoms with Gasteiger partial charge in [0.2, 0.25) is 0 Å². The van der Waals surface area contributed by atoms with Crippen LogP contribution in [0.3, 0.4) is 0 Å². The van der Waals surface area contributed by atoms with Crippen molar-refractivity contribution in [3.05, 3.63) is 40.6 Å². The molecule has 0 spiro atoms. The van der Waals surface area contributed by atoms with E-state index in [9.17, 15) is 5.21 Å². The van der Waals surface area contributed by atoms with Crippen molar-refractivity contribution in [2.45, 2.75) is 6.42 Å². The molecule has 0 aliphatic heterocycles. The number of nitrogens with zero attached hydrogens (tertiary/aromatic N) is 3. The molecular formula is C10H8N4O2S. The molecule has 0 saturated heterocycles. The molecular weight excluding hydrogens is 240 g/mol. The second-order valence-electron chi connectivity index (χ2n) is 3.63. The fraction of sp³-hybridized carbons (Fsp3) is 0.100. The Bertz CT molecular complexity index is 727. The highest BCUT2D eigenvalue weighted by molar-refractivity contribution is 7.71. The van der Waals surface area contributed by atoms with E-state index in [2.05, 4.69) is 15.2 Å². The second kappa shape index (κ2) is 3.70. The summed E-state index contributed by atoms with van der Waals surface area (Å²) < 4.78 is 4.85. The number of hydrogen-bond acceptors (Lipinski definition) is 5. The Balaban J connectivity index is 1.98. The summed E-state index contributed by atoms with van der Waals surface area (Å²) in [7, 11) is 0. The summed E-state index contributed by atoms with van der Waals surface area (Å²) >= 11 is 4.77. The minimum absolute atomic E-state index is 0.198. The Morgan fingerprint density at radius 2 is 2.35 bits per heavy atom. The molecule has 1 aromatic carbocycles. The summed E-state index contributed by atoms with van der Waals surface area (Å²) in [5.74, 6) is 0.672. The Kier molecular flexibility index (Phi) is 2.19. The summed E-state index contributed by atoms with van der Waals surface area (Å²) in [6, 6.07) is 5.62. The Labute approximate surface area is 100 Å². The molecule has 17 heavy (non-hydrogen) atoms. The van der Waals surface area contributed by atoms with Gasteiger partial charge in [0.15, 0.2) is 0 Å². The van der Waals surface area contributed by atoms with E-state index in [4.69, 9.17) is 16.7 Å². The fourth-order valence-electron chi connectivity index (χ4n) is 1.71. The first-order chi connectivity index (χ1) is 8.22. The molecule has 0 atom stereocenters. The van der Waals surface area contributed by atoms with Crippen LogP contribution in [-0.2, 0) is 6.42 Å². The SMILES string of the molecule is On1ncc2cc(Cc3nc(=S)o[nH]3)ccc21. The summed E-state index contributed by atoms with van der Waals surface area (Å²) in [5, 5.41) is 16.6. The van der Waals surface area contributed by atoms with Gasteiger partial charge in [-0.3, -0.25) is 0 Å².